The van der Waals surface area contributed by atoms with Crippen molar-refractivity contribution >= 4 is 11.7 Å². The van der Waals surface area contributed by atoms with Crippen LogP contribution in [0.2, 0.25) is 0 Å². The minimum Gasteiger partial charge on any atom is -0.409 e. The monoisotopic (exact) mass is 248 g/mol. The molecule has 3 N–H and O–H groups in total. The number of anilines is 1. The molecule has 6 heteroatoms. The fraction of sp³-hybridized carbons (Fsp3) is 0.500. The second-order valence-corrected chi connectivity index (χ2v) is 4.73. The van der Waals surface area contributed by atoms with Crippen molar-refractivity contribution in [2.24, 2.45) is 10.9 Å². The van der Waals surface area contributed by atoms with Gasteiger partial charge in [0.25, 0.3) is 0 Å². The molecule has 2 aliphatic rings. The minimum absolute atomic E-state index is 0.0353. The number of fused-ring (bicyclic) bond motifs is 2. The van der Waals surface area contributed by atoms with Crippen molar-refractivity contribution in [1.29, 1.82) is 0 Å². The first-order valence-corrected chi connectivity index (χ1v) is 6.11. The van der Waals surface area contributed by atoms with E-state index in [0.29, 0.717) is 17.9 Å². The Morgan fingerprint density at radius 1 is 1.39 bits per heavy atom. The van der Waals surface area contributed by atoms with Crippen LogP contribution >= 0.6 is 0 Å². The van der Waals surface area contributed by atoms with Crippen LogP contribution in [-0.4, -0.2) is 41.3 Å². The fourth-order valence-corrected chi connectivity index (χ4v) is 2.60. The standard InChI is InChI=1S/C12H16N4O2/c13-12(15-17)10-2-1-3-11(14-10)16-6-8-4-5-9(7-16)18-8/h1-3,8-9,17H,4-7H2,(H2,13,15). The molecule has 96 valence electrons. The lowest BCUT2D eigenvalue weighted by atomic mass is 10.2. The number of nitrogens with zero attached hydrogens (tertiary/aromatic N) is 3. The van der Waals surface area contributed by atoms with Gasteiger partial charge in [0, 0.05) is 13.1 Å². The number of amidine groups is 1. The van der Waals surface area contributed by atoms with Gasteiger partial charge in [-0.05, 0) is 25.0 Å². The maximum Gasteiger partial charge on any atom is 0.188 e. The van der Waals surface area contributed by atoms with Gasteiger partial charge in [0.2, 0.25) is 0 Å². The summed E-state index contributed by atoms with van der Waals surface area (Å²) in [6.45, 7) is 1.73. The number of aromatic nitrogens is 1. The summed E-state index contributed by atoms with van der Waals surface area (Å²) in [7, 11) is 0. The summed E-state index contributed by atoms with van der Waals surface area (Å²) in [6, 6.07) is 5.54. The summed E-state index contributed by atoms with van der Waals surface area (Å²) >= 11 is 0. The number of hydrogen-bond acceptors (Lipinski definition) is 5. The molecule has 2 atom stereocenters. The second-order valence-electron chi connectivity index (χ2n) is 4.73. The molecular weight excluding hydrogens is 232 g/mol. The van der Waals surface area contributed by atoms with Gasteiger partial charge >= 0.3 is 0 Å². The van der Waals surface area contributed by atoms with Gasteiger partial charge in [-0.25, -0.2) is 4.98 Å². The molecule has 2 bridgehead atoms. The van der Waals surface area contributed by atoms with E-state index in [9.17, 15) is 0 Å². The Morgan fingerprint density at radius 2 is 2.11 bits per heavy atom. The normalized spacial score (nSPS) is 27.6. The highest BCUT2D eigenvalue weighted by molar-refractivity contribution is 5.95. The molecule has 2 aliphatic heterocycles. The molecule has 18 heavy (non-hydrogen) atoms. The van der Waals surface area contributed by atoms with E-state index in [0.717, 1.165) is 31.7 Å². The Kier molecular flexibility index (Phi) is 2.79. The third kappa shape index (κ3) is 1.99. The molecule has 6 nitrogen and oxygen atoms in total. The predicted octanol–water partition coefficient (Wildman–Crippen LogP) is 0.544. The Balaban J connectivity index is 1.84. The Hall–Kier alpha value is -1.82. The Labute approximate surface area is 105 Å². The van der Waals surface area contributed by atoms with E-state index >= 15 is 0 Å². The van der Waals surface area contributed by atoms with E-state index in [2.05, 4.69) is 15.0 Å². The first-order chi connectivity index (χ1) is 8.76. The minimum atomic E-state index is 0.0353. The zero-order valence-corrected chi connectivity index (χ0v) is 9.99. The summed E-state index contributed by atoms with van der Waals surface area (Å²) in [5.41, 5.74) is 6.05. The number of morpholine rings is 1. The number of rotatable bonds is 2. The number of nitrogens with two attached hydrogens (primary N) is 1. The van der Waals surface area contributed by atoms with Gasteiger partial charge in [0.1, 0.15) is 11.5 Å². The van der Waals surface area contributed by atoms with E-state index in [1.807, 2.05) is 12.1 Å². The summed E-state index contributed by atoms with van der Waals surface area (Å²) < 4.78 is 5.79. The SMILES string of the molecule is NC(=NO)c1cccc(N2CC3CCC(C2)O3)n1. The van der Waals surface area contributed by atoms with Gasteiger partial charge < -0.3 is 20.6 Å². The highest BCUT2D eigenvalue weighted by atomic mass is 16.5. The number of ether oxygens (including phenoxy) is 1. The molecule has 0 aliphatic carbocycles. The van der Waals surface area contributed by atoms with Crippen LogP contribution in [0.15, 0.2) is 23.4 Å². The molecule has 0 saturated carbocycles. The third-order valence-corrected chi connectivity index (χ3v) is 3.47. The van der Waals surface area contributed by atoms with E-state index in [1.54, 1.807) is 6.07 Å². The maximum absolute atomic E-state index is 8.67. The van der Waals surface area contributed by atoms with Crippen molar-refractivity contribution in [2.75, 3.05) is 18.0 Å². The van der Waals surface area contributed by atoms with E-state index in [1.165, 1.54) is 0 Å². The summed E-state index contributed by atoms with van der Waals surface area (Å²) in [6.07, 6.45) is 2.89. The van der Waals surface area contributed by atoms with Gasteiger partial charge in [0.05, 0.1) is 12.2 Å². The zero-order chi connectivity index (χ0) is 12.5. The number of pyridine rings is 1. The molecule has 0 amide bonds. The highest BCUT2D eigenvalue weighted by Gasteiger charge is 2.34. The van der Waals surface area contributed by atoms with E-state index in [4.69, 9.17) is 15.7 Å². The van der Waals surface area contributed by atoms with Crippen molar-refractivity contribution in [3.63, 3.8) is 0 Å². The molecule has 0 radical (unpaired) electrons. The van der Waals surface area contributed by atoms with Crippen LogP contribution in [0.25, 0.3) is 0 Å². The van der Waals surface area contributed by atoms with Crippen LogP contribution in [0, 0.1) is 0 Å². The molecule has 0 spiro atoms. The van der Waals surface area contributed by atoms with Gasteiger partial charge in [-0.3, -0.25) is 0 Å². The summed E-state index contributed by atoms with van der Waals surface area (Å²) in [4.78, 5) is 6.63. The van der Waals surface area contributed by atoms with Crippen molar-refractivity contribution < 1.29 is 9.94 Å². The lowest BCUT2D eigenvalue weighted by Gasteiger charge is -2.33. The van der Waals surface area contributed by atoms with Crippen LogP contribution in [0.3, 0.4) is 0 Å². The van der Waals surface area contributed by atoms with Crippen LogP contribution in [0.1, 0.15) is 18.5 Å². The molecular formula is C12H16N4O2. The van der Waals surface area contributed by atoms with Crippen molar-refractivity contribution in [3.05, 3.63) is 23.9 Å². The Bertz CT molecular complexity index is 465. The quantitative estimate of drug-likeness (QED) is 0.345. The van der Waals surface area contributed by atoms with Gasteiger partial charge in [-0.1, -0.05) is 11.2 Å². The first kappa shape index (κ1) is 11.3. The average molecular weight is 248 g/mol. The lowest BCUT2D eigenvalue weighted by molar-refractivity contribution is 0.0302. The molecule has 0 aromatic carbocycles. The van der Waals surface area contributed by atoms with Crippen LogP contribution in [-0.2, 0) is 4.74 Å². The molecule has 2 unspecified atom stereocenters. The van der Waals surface area contributed by atoms with E-state index in [-0.39, 0.29) is 5.84 Å². The number of hydrogen-bond donors (Lipinski definition) is 2. The highest BCUT2D eigenvalue weighted by Crippen LogP contribution is 2.28. The fourth-order valence-electron chi connectivity index (χ4n) is 2.60. The molecule has 3 heterocycles. The molecule has 1 aromatic heterocycles. The third-order valence-electron chi connectivity index (χ3n) is 3.47. The number of oxime groups is 1. The molecule has 2 saturated heterocycles. The summed E-state index contributed by atoms with van der Waals surface area (Å²) in [5.74, 6) is 0.896. The lowest BCUT2D eigenvalue weighted by Crippen LogP contribution is -2.43. The average Bonchev–Trinajstić information content (AvgIpc) is 2.76. The molecule has 1 aromatic rings. The van der Waals surface area contributed by atoms with Gasteiger partial charge in [-0.15, -0.1) is 0 Å². The second kappa shape index (κ2) is 4.45. The topological polar surface area (TPSA) is 84.0 Å². The van der Waals surface area contributed by atoms with Crippen molar-refractivity contribution in [1.82, 2.24) is 4.98 Å². The smallest absolute Gasteiger partial charge is 0.188 e. The van der Waals surface area contributed by atoms with Crippen LogP contribution < -0.4 is 10.6 Å². The van der Waals surface area contributed by atoms with Gasteiger partial charge in [0.15, 0.2) is 5.84 Å². The van der Waals surface area contributed by atoms with Gasteiger partial charge in [-0.2, -0.15) is 0 Å². The van der Waals surface area contributed by atoms with Crippen molar-refractivity contribution in [2.45, 2.75) is 25.0 Å². The Morgan fingerprint density at radius 3 is 2.78 bits per heavy atom. The first-order valence-electron chi connectivity index (χ1n) is 6.11. The van der Waals surface area contributed by atoms with Crippen LogP contribution in [0.4, 0.5) is 5.82 Å². The molecule has 3 rings (SSSR count). The van der Waals surface area contributed by atoms with Crippen molar-refractivity contribution in [3.8, 4) is 0 Å². The molecule has 2 fully saturated rings. The zero-order valence-electron chi connectivity index (χ0n) is 9.99. The van der Waals surface area contributed by atoms with Crippen LogP contribution in [0.5, 0.6) is 0 Å². The predicted molar refractivity (Wildman–Crippen MR) is 66.9 cm³/mol. The summed E-state index contributed by atoms with van der Waals surface area (Å²) in [5, 5.41) is 11.6. The largest absolute Gasteiger partial charge is 0.409 e. The maximum atomic E-state index is 8.67. The van der Waals surface area contributed by atoms with E-state index < -0.39 is 0 Å².